The number of piperidine rings is 2. The first kappa shape index (κ1) is 23.0. The van der Waals surface area contributed by atoms with Crippen LogP contribution >= 0.6 is 12.2 Å². The van der Waals surface area contributed by atoms with E-state index in [0.717, 1.165) is 60.8 Å². The fourth-order valence-corrected chi connectivity index (χ4v) is 4.98. The molecule has 3 aliphatic heterocycles. The van der Waals surface area contributed by atoms with Crippen LogP contribution in [0.4, 0.5) is 17.6 Å². The van der Waals surface area contributed by atoms with E-state index in [1.807, 2.05) is 18.2 Å². The molecule has 0 spiro atoms. The maximum Gasteiger partial charge on any atom is 0.232 e. The first-order valence-corrected chi connectivity index (χ1v) is 12.8. The molecule has 0 amide bonds. The van der Waals surface area contributed by atoms with Crippen LogP contribution in [0.5, 0.6) is 11.5 Å². The molecule has 0 aliphatic carbocycles. The van der Waals surface area contributed by atoms with Crippen molar-refractivity contribution in [1.82, 2.24) is 15.3 Å². The fraction of sp³-hybridized carbons (Fsp3) is 0.560. The maximum absolute atomic E-state index is 5.58. The molecule has 0 bridgehead atoms. The zero-order valence-electron chi connectivity index (χ0n) is 20.0. The standard InChI is InChI=1S/C25H34N6O2S/c1-17-7-10-30(11-8-17)22-13-23(31-9-3-4-18(2)15-31)28-24(27-22)29-25(34)26-14-19-5-6-20-21(12-19)33-16-32-20/h5-6,12-13,17-18H,3-4,7-11,14-16H2,1-2H3,(H2,26,27,28,29,34). The molecule has 2 aromatic rings. The topological polar surface area (TPSA) is 74.8 Å². The minimum absolute atomic E-state index is 0.272. The number of aromatic nitrogens is 2. The van der Waals surface area contributed by atoms with E-state index < -0.39 is 0 Å². The Bertz CT molecular complexity index is 1030. The quantitative estimate of drug-likeness (QED) is 0.611. The zero-order chi connectivity index (χ0) is 23.5. The number of ether oxygens (including phenoxy) is 2. The third-order valence-corrected chi connectivity index (χ3v) is 7.15. The van der Waals surface area contributed by atoms with Gasteiger partial charge in [-0.1, -0.05) is 19.9 Å². The number of anilines is 3. The second-order valence-electron chi connectivity index (χ2n) is 9.77. The van der Waals surface area contributed by atoms with Crippen molar-refractivity contribution in [3.8, 4) is 11.5 Å². The predicted molar refractivity (Wildman–Crippen MR) is 139 cm³/mol. The summed E-state index contributed by atoms with van der Waals surface area (Å²) in [4.78, 5) is 14.5. The van der Waals surface area contributed by atoms with Crippen molar-refractivity contribution in [1.29, 1.82) is 0 Å². The molecule has 4 heterocycles. The van der Waals surface area contributed by atoms with E-state index in [2.05, 4.69) is 40.3 Å². The average molecular weight is 483 g/mol. The van der Waals surface area contributed by atoms with E-state index in [1.165, 1.54) is 25.7 Å². The third kappa shape index (κ3) is 5.46. The van der Waals surface area contributed by atoms with Crippen LogP contribution in [0.1, 0.15) is 45.1 Å². The highest BCUT2D eigenvalue weighted by atomic mass is 32.1. The number of hydrogen-bond donors (Lipinski definition) is 2. The lowest BCUT2D eigenvalue weighted by molar-refractivity contribution is 0.174. The summed E-state index contributed by atoms with van der Waals surface area (Å²) >= 11 is 5.58. The molecule has 9 heteroatoms. The SMILES string of the molecule is CC1CCN(c2cc(N3CCCC(C)C3)nc(NC(=S)NCc3ccc4c(c3)OCO4)n2)CC1. The molecule has 2 saturated heterocycles. The van der Waals surface area contributed by atoms with Gasteiger partial charge in [-0.25, -0.2) is 0 Å². The largest absolute Gasteiger partial charge is 0.454 e. The molecule has 34 heavy (non-hydrogen) atoms. The van der Waals surface area contributed by atoms with Gasteiger partial charge in [0.15, 0.2) is 16.6 Å². The zero-order valence-corrected chi connectivity index (χ0v) is 20.9. The first-order chi connectivity index (χ1) is 16.5. The molecule has 1 aromatic carbocycles. The molecular formula is C25H34N6O2S. The van der Waals surface area contributed by atoms with Gasteiger partial charge < -0.3 is 29.9 Å². The van der Waals surface area contributed by atoms with E-state index in [-0.39, 0.29) is 6.79 Å². The van der Waals surface area contributed by atoms with Gasteiger partial charge in [0.05, 0.1) is 0 Å². The molecular weight excluding hydrogens is 448 g/mol. The lowest BCUT2D eigenvalue weighted by atomic mass is 9.99. The molecule has 2 fully saturated rings. The van der Waals surface area contributed by atoms with Crippen molar-refractivity contribution < 1.29 is 9.47 Å². The van der Waals surface area contributed by atoms with Gasteiger partial charge in [0.1, 0.15) is 11.6 Å². The minimum atomic E-state index is 0.272. The Balaban J connectivity index is 1.29. The van der Waals surface area contributed by atoms with Crippen LogP contribution in [-0.4, -0.2) is 48.1 Å². The fourth-order valence-electron chi connectivity index (χ4n) is 4.82. The average Bonchev–Trinajstić information content (AvgIpc) is 3.31. The lowest BCUT2D eigenvalue weighted by Crippen LogP contribution is -2.37. The summed E-state index contributed by atoms with van der Waals surface area (Å²) in [6.45, 7) is 9.60. The van der Waals surface area contributed by atoms with Gasteiger partial charge in [-0.3, -0.25) is 0 Å². The van der Waals surface area contributed by atoms with Gasteiger partial charge in [-0.05, 0) is 67.4 Å². The lowest BCUT2D eigenvalue weighted by Gasteiger charge is -2.34. The Morgan fingerprint density at radius 3 is 2.53 bits per heavy atom. The van der Waals surface area contributed by atoms with Crippen LogP contribution in [0, 0.1) is 11.8 Å². The number of thiocarbonyl (C=S) groups is 1. The van der Waals surface area contributed by atoms with Crippen molar-refractivity contribution in [2.75, 3.05) is 48.1 Å². The van der Waals surface area contributed by atoms with Crippen LogP contribution in [0.2, 0.25) is 0 Å². The van der Waals surface area contributed by atoms with Crippen LogP contribution < -0.4 is 29.9 Å². The van der Waals surface area contributed by atoms with Crippen molar-refractivity contribution in [2.45, 2.75) is 46.1 Å². The molecule has 5 rings (SSSR count). The van der Waals surface area contributed by atoms with Crippen LogP contribution in [0.3, 0.4) is 0 Å². The monoisotopic (exact) mass is 482 g/mol. The summed E-state index contributed by atoms with van der Waals surface area (Å²) in [5, 5.41) is 7.00. The van der Waals surface area contributed by atoms with Gasteiger partial charge in [-0.2, -0.15) is 9.97 Å². The first-order valence-electron chi connectivity index (χ1n) is 12.4. The number of nitrogens with zero attached hydrogens (tertiary/aromatic N) is 4. The van der Waals surface area contributed by atoms with E-state index in [9.17, 15) is 0 Å². The summed E-state index contributed by atoms with van der Waals surface area (Å²) in [5.41, 5.74) is 1.06. The number of fused-ring (bicyclic) bond motifs is 1. The van der Waals surface area contributed by atoms with Crippen molar-refractivity contribution in [2.24, 2.45) is 11.8 Å². The highest BCUT2D eigenvalue weighted by Crippen LogP contribution is 2.32. The minimum Gasteiger partial charge on any atom is -0.454 e. The number of benzene rings is 1. The molecule has 182 valence electrons. The Kier molecular flexibility index (Phi) is 6.89. The molecule has 3 aliphatic rings. The summed E-state index contributed by atoms with van der Waals surface area (Å²) in [6.07, 6.45) is 4.86. The number of hydrogen-bond acceptors (Lipinski definition) is 7. The number of rotatable bonds is 5. The molecule has 1 atom stereocenters. The van der Waals surface area contributed by atoms with Gasteiger partial charge in [0.2, 0.25) is 12.7 Å². The number of nitrogens with one attached hydrogen (secondary N) is 2. The second kappa shape index (κ2) is 10.2. The molecule has 0 saturated carbocycles. The molecule has 0 radical (unpaired) electrons. The van der Waals surface area contributed by atoms with Gasteiger partial charge in [-0.15, -0.1) is 0 Å². The normalized spacial score (nSPS) is 20.4. The molecule has 8 nitrogen and oxygen atoms in total. The van der Waals surface area contributed by atoms with Gasteiger partial charge >= 0.3 is 0 Å². The molecule has 1 unspecified atom stereocenters. The summed E-state index contributed by atoms with van der Waals surface area (Å²) < 4.78 is 10.9. The van der Waals surface area contributed by atoms with Crippen LogP contribution in [-0.2, 0) is 6.54 Å². The van der Waals surface area contributed by atoms with Crippen LogP contribution in [0.15, 0.2) is 24.3 Å². The van der Waals surface area contributed by atoms with Crippen molar-refractivity contribution >= 4 is 34.9 Å². The third-order valence-electron chi connectivity index (χ3n) is 6.90. The van der Waals surface area contributed by atoms with Crippen LogP contribution in [0.25, 0.3) is 0 Å². The van der Waals surface area contributed by atoms with Crippen molar-refractivity contribution in [3.05, 3.63) is 29.8 Å². The highest BCUT2D eigenvalue weighted by Gasteiger charge is 2.23. The van der Waals surface area contributed by atoms with Crippen molar-refractivity contribution in [3.63, 3.8) is 0 Å². The second-order valence-corrected chi connectivity index (χ2v) is 10.2. The summed E-state index contributed by atoms with van der Waals surface area (Å²) in [5.74, 6) is 5.50. The molecule has 1 aromatic heterocycles. The van der Waals surface area contributed by atoms with E-state index in [4.69, 9.17) is 31.7 Å². The Morgan fingerprint density at radius 1 is 0.971 bits per heavy atom. The Morgan fingerprint density at radius 2 is 1.74 bits per heavy atom. The highest BCUT2D eigenvalue weighted by molar-refractivity contribution is 7.80. The summed E-state index contributed by atoms with van der Waals surface area (Å²) in [7, 11) is 0. The van der Waals surface area contributed by atoms with Gasteiger partial charge in [0.25, 0.3) is 0 Å². The Hall–Kier alpha value is -2.81. The molecule has 2 N–H and O–H groups in total. The van der Waals surface area contributed by atoms with E-state index >= 15 is 0 Å². The predicted octanol–water partition coefficient (Wildman–Crippen LogP) is 4.16. The van der Waals surface area contributed by atoms with Gasteiger partial charge in [0, 0.05) is 38.8 Å². The maximum atomic E-state index is 5.58. The van der Waals surface area contributed by atoms with E-state index in [0.29, 0.717) is 23.5 Å². The van der Waals surface area contributed by atoms with E-state index in [1.54, 1.807) is 0 Å². The smallest absolute Gasteiger partial charge is 0.232 e. The Labute approximate surface area is 207 Å². The summed E-state index contributed by atoms with van der Waals surface area (Å²) in [6, 6.07) is 8.06.